The van der Waals surface area contributed by atoms with E-state index >= 15 is 0 Å². The molecule has 0 radical (unpaired) electrons. The Hall–Kier alpha value is -1.67. The summed E-state index contributed by atoms with van der Waals surface area (Å²) in [5.41, 5.74) is 2.34. The zero-order chi connectivity index (χ0) is 12.2. The van der Waals surface area contributed by atoms with Crippen LogP contribution in [0.15, 0.2) is 0 Å². The minimum atomic E-state index is -2.66. The molecule has 0 saturated carbocycles. The molecular weight excluding hydrogens is 210 g/mol. The standard InChI is InChI=1S/C7H11NO7/c8-3(5(11)12)1-7(15,6(13)14)2-4(9)10/h3,15H,1-2,8H2,(H,9,10)(H,11,12)(H,13,14)/t3-,7-/m0/s1. The zero-order valence-electron chi connectivity index (χ0n) is 7.58. The van der Waals surface area contributed by atoms with E-state index in [0.29, 0.717) is 0 Å². The van der Waals surface area contributed by atoms with Crippen molar-refractivity contribution in [2.75, 3.05) is 0 Å². The van der Waals surface area contributed by atoms with Gasteiger partial charge in [0.25, 0.3) is 0 Å². The second-order valence-electron chi connectivity index (χ2n) is 3.06. The van der Waals surface area contributed by atoms with Crippen LogP contribution in [0.3, 0.4) is 0 Å². The summed E-state index contributed by atoms with van der Waals surface area (Å²) in [6.07, 6.45) is -1.98. The summed E-state index contributed by atoms with van der Waals surface area (Å²) >= 11 is 0. The van der Waals surface area contributed by atoms with Crippen LogP contribution in [0.25, 0.3) is 0 Å². The van der Waals surface area contributed by atoms with Crippen LogP contribution < -0.4 is 5.73 Å². The predicted molar refractivity (Wildman–Crippen MR) is 45.1 cm³/mol. The molecule has 6 N–H and O–H groups in total. The lowest BCUT2D eigenvalue weighted by atomic mass is 9.92. The van der Waals surface area contributed by atoms with E-state index in [1.165, 1.54) is 0 Å². The van der Waals surface area contributed by atoms with Gasteiger partial charge in [0.15, 0.2) is 5.60 Å². The molecule has 0 spiro atoms. The van der Waals surface area contributed by atoms with Crippen molar-refractivity contribution in [1.82, 2.24) is 0 Å². The Morgan fingerprint density at radius 1 is 1.20 bits per heavy atom. The second kappa shape index (κ2) is 4.71. The van der Waals surface area contributed by atoms with Gasteiger partial charge in [-0.3, -0.25) is 9.59 Å². The molecule has 0 unspecified atom stereocenters. The molecule has 0 aromatic heterocycles. The maximum absolute atomic E-state index is 10.6. The maximum Gasteiger partial charge on any atom is 0.336 e. The van der Waals surface area contributed by atoms with E-state index in [1.54, 1.807) is 0 Å². The highest BCUT2D eigenvalue weighted by Crippen LogP contribution is 2.17. The van der Waals surface area contributed by atoms with E-state index in [0.717, 1.165) is 0 Å². The van der Waals surface area contributed by atoms with E-state index < -0.39 is 42.4 Å². The molecule has 8 heteroatoms. The van der Waals surface area contributed by atoms with Crippen molar-refractivity contribution in [2.45, 2.75) is 24.5 Å². The average Bonchev–Trinajstić information content (AvgIpc) is 2.01. The van der Waals surface area contributed by atoms with Crippen molar-refractivity contribution >= 4 is 17.9 Å². The summed E-state index contributed by atoms with van der Waals surface area (Å²) in [6, 6.07) is -1.63. The van der Waals surface area contributed by atoms with Gasteiger partial charge in [-0.2, -0.15) is 0 Å². The molecule has 0 aliphatic heterocycles. The molecule has 0 rings (SSSR count). The molecule has 0 bridgehead atoms. The highest BCUT2D eigenvalue weighted by molar-refractivity contribution is 5.85. The number of rotatable bonds is 6. The molecule has 0 fully saturated rings. The summed E-state index contributed by atoms with van der Waals surface area (Å²) in [5.74, 6) is -4.89. The van der Waals surface area contributed by atoms with Crippen molar-refractivity contribution in [3.63, 3.8) is 0 Å². The number of aliphatic hydroxyl groups is 1. The Labute approximate surface area is 83.9 Å². The molecule has 86 valence electrons. The van der Waals surface area contributed by atoms with Crippen molar-refractivity contribution in [1.29, 1.82) is 0 Å². The fourth-order valence-corrected chi connectivity index (χ4v) is 0.936. The molecular formula is C7H11NO7. The Morgan fingerprint density at radius 3 is 1.93 bits per heavy atom. The van der Waals surface area contributed by atoms with Crippen LogP contribution in [0.1, 0.15) is 12.8 Å². The van der Waals surface area contributed by atoms with Crippen LogP contribution in [0, 0.1) is 0 Å². The van der Waals surface area contributed by atoms with Crippen molar-refractivity contribution in [3.8, 4) is 0 Å². The molecule has 0 aromatic rings. The quantitative estimate of drug-likeness (QED) is 0.347. The first kappa shape index (κ1) is 13.3. The van der Waals surface area contributed by atoms with Crippen LogP contribution >= 0.6 is 0 Å². The van der Waals surface area contributed by atoms with Crippen molar-refractivity contribution < 1.29 is 34.8 Å². The lowest BCUT2D eigenvalue weighted by Gasteiger charge is -2.22. The minimum absolute atomic E-state index is 0.871. The summed E-state index contributed by atoms with van der Waals surface area (Å²) in [4.78, 5) is 31.1. The lowest BCUT2D eigenvalue weighted by molar-refractivity contribution is -0.167. The SMILES string of the molecule is N[C@@H](C[C@](O)(CC(=O)O)C(=O)O)C(=O)O. The van der Waals surface area contributed by atoms with Crippen LogP contribution in [-0.4, -0.2) is 50.0 Å². The number of carboxylic acids is 3. The number of hydrogen-bond acceptors (Lipinski definition) is 5. The minimum Gasteiger partial charge on any atom is -0.481 e. The zero-order valence-corrected chi connectivity index (χ0v) is 7.58. The highest BCUT2D eigenvalue weighted by atomic mass is 16.4. The monoisotopic (exact) mass is 221 g/mol. The van der Waals surface area contributed by atoms with E-state index in [2.05, 4.69) is 0 Å². The third-order valence-electron chi connectivity index (χ3n) is 1.72. The maximum atomic E-state index is 10.6. The fraction of sp³-hybridized carbons (Fsp3) is 0.571. The topological polar surface area (TPSA) is 158 Å². The molecule has 0 amide bonds. The Balaban J connectivity index is 4.73. The first-order valence-electron chi connectivity index (χ1n) is 3.85. The van der Waals surface area contributed by atoms with Gasteiger partial charge in [-0.15, -0.1) is 0 Å². The smallest absolute Gasteiger partial charge is 0.336 e. The number of hydrogen-bond donors (Lipinski definition) is 5. The summed E-state index contributed by atoms with van der Waals surface area (Å²) in [5, 5.41) is 34.6. The normalized spacial score (nSPS) is 16.4. The molecule has 0 aromatic carbocycles. The van der Waals surface area contributed by atoms with E-state index in [9.17, 15) is 19.5 Å². The highest BCUT2D eigenvalue weighted by Gasteiger charge is 2.41. The number of nitrogens with two attached hydrogens (primary N) is 1. The molecule has 0 aliphatic carbocycles. The van der Waals surface area contributed by atoms with Crippen LogP contribution in [0.4, 0.5) is 0 Å². The van der Waals surface area contributed by atoms with E-state index in [4.69, 9.17) is 21.1 Å². The summed E-state index contributed by atoms with van der Waals surface area (Å²) in [6.45, 7) is 0. The molecule has 0 saturated heterocycles. The van der Waals surface area contributed by atoms with Gasteiger partial charge in [0.05, 0.1) is 6.42 Å². The van der Waals surface area contributed by atoms with Gasteiger partial charge in [-0.05, 0) is 0 Å². The van der Waals surface area contributed by atoms with Crippen molar-refractivity contribution in [3.05, 3.63) is 0 Å². The second-order valence-corrected chi connectivity index (χ2v) is 3.06. The number of carboxylic acid groups (broad SMARTS) is 3. The summed E-state index contributed by atoms with van der Waals surface area (Å²) < 4.78 is 0. The molecule has 2 atom stereocenters. The van der Waals surface area contributed by atoms with Gasteiger partial charge in [0.1, 0.15) is 6.04 Å². The molecule has 0 aliphatic rings. The lowest BCUT2D eigenvalue weighted by Crippen LogP contribution is -2.47. The molecule has 0 heterocycles. The third-order valence-corrected chi connectivity index (χ3v) is 1.72. The Kier molecular flexibility index (Phi) is 4.19. The van der Waals surface area contributed by atoms with Gasteiger partial charge >= 0.3 is 17.9 Å². The van der Waals surface area contributed by atoms with Crippen LogP contribution in [0.5, 0.6) is 0 Å². The average molecular weight is 221 g/mol. The van der Waals surface area contributed by atoms with Gasteiger partial charge < -0.3 is 26.2 Å². The largest absolute Gasteiger partial charge is 0.481 e. The first-order chi connectivity index (χ1) is 6.69. The molecule has 8 nitrogen and oxygen atoms in total. The van der Waals surface area contributed by atoms with E-state index in [-0.39, 0.29) is 0 Å². The predicted octanol–water partition coefficient (Wildman–Crippen LogP) is -1.92. The van der Waals surface area contributed by atoms with Gasteiger partial charge in [-0.1, -0.05) is 0 Å². The van der Waals surface area contributed by atoms with Crippen LogP contribution in [-0.2, 0) is 14.4 Å². The van der Waals surface area contributed by atoms with Crippen LogP contribution in [0.2, 0.25) is 0 Å². The Bertz CT molecular complexity index is 289. The van der Waals surface area contributed by atoms with Gasteiger partial charge in [0.2, 0.25) is 0 Å². The summed E-state index contributed by atoms with van der Waals surface area (Å²) in [7, 11) is 0. The number of carbonyl (C=O) groups is 3. The van der Waals surface area contributed by atoms with Gasteiger partial charge in [-0.25, -0.2) is 4.79 Å². The van der Waals surface area contributed by atoms with Crippen molar-refractivity contribution in [2.24, 2.45) is 5.73 Å². The van der Waals surface area contributed by atoms with E-state index in [1.807, 2.05) is 0 Å². The molecule has 15 heavy (non-hydrogen) atoms. The first-order valence-corrected chi connectivity index (χ1v) is 3.85. The fourth-order valence-electron chi connectivity index (χ4n) is 0.936. The third kappa shape index (κ3) is 3.92. The Morgan fingerprint density at radius 2 is 1.67 bits per heavy atom. The van der Waals surface area contributed by atoms with Gasteiger partial charge in [0, 0.05) is 6.42 Å². The number of aliphatic carboxylic acids is 3.